The molecule has 1 aromatic carbocycles. The van der Waals surface area contributed by atoms with Crippen LogP contribution in [0, 0.1) is 13.8 Å². The number of hydrogen-bond acceptors (Lipinski definition) is 3. The van der Waals surface area contributed by atoms with Gasteiger partial charge in [0, 0.05) is 26.2 Å². The largest absolute Gasteiger partial charge is 0.445 e. The van der Waals surface area contributed by atoms with E-state index in [2.05, 4.69) is 18.3 Å². The SMILES string of the molecule is Cc1ccc(COC(=O)N2CCNCC2)c(C)c1.Cl. The first-order valence-electron chi connectivity index (χ1n) is 6.35. The van der Waals surface area contributed by atoms with Gasteiger partial charge in [-0.25, -0.2) is 4.79 Å². The van der Waals surface area contributed by atoms with Crippen LogP contribution in [0.5, 0.6) is 0 Å². The minimum Gasteiger partial charge on any atom is -0.445 e. The maximum absolute atomic E-state index is 11.8. The number of nitrogens with one attached hydrogen (secondary N) is 1. The lowest BCUT2D eigenvalue weighted by Crippen LogP contribution is -2.46. The lowest BCUT2D eigenvalue weighted by atomic mass is 10.1. The molecule has 1 aliphatic rings. The van der Waals surface area contributed by atoms with E-state index in [1.165, 1.54) is 11.1 Å². The number of amides is 1. The van der Waals surface area contributed by atoms with E-state index in [1.807, 2.05) is 19.1 Å². The van der Waals surface area contributed by atoms with Gasteiger partial charge in [-0.3, -0.25) is 0 Å². The van der Waals surface area contributed by atoms with Crippen molar-refractivity contribution in [1.82, 2.24) is 10.2 Å². The summed E-state index contributed by atoms with van der Waals surface area (Å²) in [7, 11) is 0. The molecular weight excluding hydrogens is 264 g/mol. The first-order chi connectivity index (χ1) is 8.66. The topological polar surface area (TPSA) is 41.6 Å². The average molecular weight is 285 g/mol. The zero-order chi connectivity index (χ0) is 13.0. The molecule has 4 nitrogen and oxygen atoms in total. The van der Waals surface area contributed by atoms with E-state index < -0.39 is 0 Å². The van der Waals surface area contributed by atoms with Crippen molar-refractivity contribution >= 4 is 18.5 Å². The van der Waals surface area contributed by atoms with Crippen molar-refractivity contribution < 1.29 is 9.53 Å². The summed E-state index contributed by atoms with van der Waals surface area (Å²) in [6.07, 6.45) is -0.212. The van der Waals surface area contributed by atoms with Gasteiger partial charge in [0.15, 0.2) is 0 Å². The second-order valence-corrected chi connectivity index (χ2v) is 4.72. The summed E-state index contributed by atoms with van der Waals surface area (Å²) in [6.45, 7) is 7.61. The standard InChI is InChI=1S/C14H20N2O2.ClH/c1-11-3-4-13(12(2)9-11)10-18-14(17)16-7-5-15-6-8-16;/h3-4,9,15H,5-8,10H2,1-2H3;1H. The third-order valence-electron chi connectivity index (χ3n) is 3.22. The number of aryl methyl sites for hydroxylation is 2. The molecule has 19 heavy (non-hydrogen) atoms. The molecule has 1 amide bonds. The third-order valence-corrected chi connectivity index (χ3v) is 3.22. The van der Waals surface area contributed by atoms with Gasteiger partial charge in [-0.15, -0.1) is 12.4 Å². The Balaban J connectivity index is 0.00000180. The fourth-order valence-electron chi connectivity index (χ4n) is 2.09. The number of piperazine rings is 1. The second-order valence-electron chi connectivity index (χ2n) is 4.72. The fraction of sp³-hybridized carbons (Fsp3) is 0.500. The van der Waals surface area contributed by atoms with Gasteiger partial charge in [0.05, 0.1) is 0 Å². The van der Waals surface area contributed by atoms with E-state index in [-0.39, 0.29) is 18.5 Å². The number of benzene rings is 1. The summed E-state index contributed by atoms with van der Waals surface area (Å²) in [4.78, 5) is 13.6. The van der Waals surface area contributed by atoms with Crippen LogP contribution in [0.1, 0.15) is 16.7 Å². The molecule has 1 aliphatic heterocycles. The van der Waals surface area contributed by atoms with Crippen molar-refractivity contribution in [2.24, 2.45) is 0 Å². The van der Waals surface area contributed by atoms with Gasteiger partial charge in [-0.05, 0) is 25.0 Å². The third kappa shape index (κ3) is 4.40. The molecule has 0 bridgehead atoms. The Morgan fingerprint density at radius 1 is 1.32 bits per heavy atom. The maximum Gasteiger partial charge on any atom is 0.410 e. The highest BCUT2D eigenvalue weighted by atomic mass is 35.5. The highest BCUT2D eigenvalue weighted by Crippen LogP contribution is 2.12. The monoisotopic (exact) mass is 284 g/mol. The Bertz CT molecular complexity index is 431. The number of halogens is 1. The van der Waals surface area contributed by atoms with Crippen molar-refractivity contribution in [2.45, 2.75) is 20.5 Å². The molecule has 1 heterocycles. The predicted octanol–water partition coefficient (Wildman–Crippen LogP) is 2.27. The predicted molar refractivity (Wildman–Crippen MR) is 77.8 cm³/mol. The molecule has 0 saturated carbocycles. The van der Waals surface area contributed by atoms with Crippen LogP contribution in [0.4, 0.5) is 4.79 Å². The Kier molecular flexibility index (Phi) is 6.12. The van der Waals surface area contributed by atoms with E-state index in [0.717, 1.165) is 31.7 Å². The van der Waals surface area contributed by atoms with Gasteiger partial charge >= 0.3 is 6.09 Å². The van der Waals surface area contributed by atoms with Gasteiger partial charge in [-0.1, -0.05) is 23.8 Å². The zero-order valence-corrected chi connectivity index (χ0v) is 12.3. The Hall–Kier alpha value is -1.26. The molecule has 5 heteroatoms. The first-order valence-corrected chi connectivity index (χ1v) is 6.35. The van der Waals surface area contributed by atoms with Gasteiger partial charge in [0.2, 0.25) is 0 Å². The van der Waals surface area contributed by atoms with Crippen molar-refractivity contribution in [3.8, 4) is 0 Å². The Morgan fingerprint density at radius 2 is 2.00 bits per heavy atom. The van der Waals surface area contributed by atoms with Gasteiger partial charge in [0.25, 0.3) is 0 Å². The Morgan fingerprint density at radius 3 is 2.63 bits per heavy atom. The molecule has 0 atom stereocenters. The first kappa shape index (κ1) is 15.8. The lowest BCUT2D eigenvalue weighted by Gasteiger charge is -2.26. The van der Waals surface area contributed by atoms with Crippen molar-refractivity contribution in [2.75, 3.05) is 26.2 Å². The number of carbonyl (C=O) groups excluding carboxylic acids is 1. The minimum atomic E-state index is -0.212. The summed E-state index contributed by atoms with van der Waals surface area (Å²) < 4.78 is 5.35. The summed E-state index contributed by atoms with van der Waals surface area (Å²) >= 11 is 0. The number of nitrogens with zero attached hydrogens (tertiary/aromatic N) is 1. The van der Waals surface area contributed by atoms with Crippen LogP contribution in [0.25, 0.3) is 0 Å². The molecule has 106 valence electrons. The van der Waals surface area contributed by atoms with Crippen LogP contribution in [0.3, 0.4) is 0 Å². The Labute approximate surface area is 120 Å². The van der Waals surface area contributed by atoms with Crippen molar-refractivity contribution in [3.63, 3.8) is 0 Å². The molecule has 2 rings (SSSR count). The average Bonchev–Trinajstić information content (AvgIpc) is 2.38. The van der Waals surface area contributed by atoms with Crippen LogP contribution < -0.4 is 5.32 Å². The van der Waals surface area contributed by atoms with Gasteiger partial charge in [-0.2, -0.15) is 0 Å². The molecule has 1 aromatic rings. The van der Waals surface area contributed by atoms with Crippen LogP contribution in [0.15, 0.2) is 18.2 Å². The summed E-state index contributed by atoms with van der Waals surface area (Å²) in [5, 5.41) is 3.21. The van der Waals surface area contributed by atoms with E-state index in [0.29, 0.717) is 6.61 Å². The highest BCUT2D eigenvalue weighted by molar-refractivity contribution is 5.85. The summed E-state index contributed by atoms with van der Waals surface area (Å²) in [6, 6.07) is 6.17. The number of ether oxygens (including phenoxy) is 1. The normalized spacial score (nSPS) is 14.7. The number of rotatable bonds is 2. The van der Waals surface area contributed by atoms with Crippen LogP contribution in [-0.2, 0) is 11.3 Å². The maximum atomic E-state index is 11.8. The van der Waals surface area contributed by atoms with Crippen molar-refractivity contribution in [1.29, 1.82) is 0 Å². The quantitative estimate of drug-likeness (QED) is 0.906. The molecule has 0 aromatic heterocycles. The summed E-state index contributed by atoms with van der Waals surface area (Å²) in [5.41, 5.74) is 3.47. The summed E-state index contributed by atoms with van der Waals surface area (Å²) in [5.74, 6) is 0. The lowest BCUT2D eigenvalue weighted by molar-refractivity contribution is 0.0917. The smallest absolute Gasteiger partial charge is 0.410 e. The molecule has 0 spiro atoms. The molecule has 0 radical (unpaired) electrons. The highest BCUT2D eigenvalue weighted by Gasteiger charge is 2.17. The van der Waals surface area contributed by atoms with E-state index in [4.69, 9.17) is 4.74 Å². The zero-order valence-electron chi connectivity index (χ0n) is 11.4. The van der Waals surface area contributed by atoms with E-state index in [9.17, 15) is 4.79 Å². The molecule has 1 saturated heterocycles. The molecule has 1 fully saturated rings. The van der Waals surface area contributed by atoms with E-state index in [1.54, 1.807) is 4.90 Å². The fourth-order valence-corrected chi connectivity index (χ4v) is 2.09. The second kappa shape index (κ2) is 7.36. The molecule has 1 N–H and O–H groups in total. The van der Waals surface area contributed by atoms with E-state index >= 15 is 0 Å². The van der Waals surface area contributed by atoms with Crippen LogP contribution in [0.2, 0.25) is 0 Å². The van der Waals surface area contributed by atoms with Crippen LogP contribution in [-0.4, -0.2) is 37.2 Å². The molecule has 0 unspecified atom stereocenters. The minimum absolute atomic E-state index is 0. The molecule has 0 aliphatic carbocycles. The molecular formula is C14H21ClN2O2. The van der Waals surface area contributed by atoms with Gasteiger partial charge < -0.3 is 15.0 Å². The van der Waals surface area contributed by atoms with Crippen LogP contribution >= 0.6 is 12.4 Å². The number of carbonyl (C=O) groups is 1. The van der Waals surface area contributed by atoms with Crippen molar-refractivity contribution in [3.05, 3.63) is 34.9 Å². The number of hydrogen-bond donors (Lipinski definition) is 1. The van der Waals surface area contributed by atoms with Gasteiger partial charge in [0.1, 0.15) is 6.61 Å².